The summed E-state index contributed by atoms with van der Waals surface area (Å²) >= 11 is 1.45. The summed E-state index contributed by atoms with van der Waals surface area (Å²) in [7, 11) is 0. The number of hydrogen-bond acceptors (Lipinski definition) is 4. The molecule has 3 rings (SSSR count). The molecule has 20 heavy (non-hydrogen) atoms. The number of carbonyl (C=O) groups excluding carboxylic acids is 1. The van der Waals surface area contributed by atoms with Crippen LogP contribution in [0.1, 0.15) is 29.9 Å². The monoisotopic (exact) mass is 289 g/mol. The summed E-state index contributed by atoms with van der Waals surface area (Å²) in [6, 6.07) is 3.83. The van der Waals surface area contributed by atoms with E-state index in [1.165, 1.54) is 11.3 Å². The van der Waals surface area contributed by atoms with Crippen molar-refractivity contribution in [3.8, 4) is 0 Å². The molecule has 2 aromatic rings. The second-order valence-corrected chi connectivity index (χ2v) is 6.74. The fourth-order valence-electron chi connectivity index (χ4n) is 2.70. The average Bonchev–Trinajstić information content (AvgIpc) is 2.79. The van der Waals surface area contributed by atoms with Crippen LogP contribution in [0, 0.1) is 11.8 Å². The van der Waals surface area contributed by atoms with Crippen LogP contribution in [0.4, 0.5) is 5.69 Å². The van der Waals surface area contributed by atoms with Gasteiger partial charge in [-0.2, -0.15) is 0 Å². The number of hydrogen-bond donors (Lipinski definition) is 1. The van der Waals surface area contributed by atoms with Crippen LogP contribution >= 0.6 is 11.3 Å². The zero-order valence-electron chi connectivity index (χ0n) is 11.8. The maximum atomic E-state index is 12.7. The normalized spacial score (nSPS) is 23.2. The van der Waals surface area contributed by atoms with Crippen LogP contribution in [-0.2, 0) is 0 Å². The first-order valence-corrected chi connectivity index (χ1v) is 7.82. The molecule has 0 radical (unpaired) electrons. The number of amides is 1. The molecule has 0 spiro atoms. The third-order valence-corrected chi connectivity index (χ3v) is 5.45. The SMILES string of the molecule is CC1CCN(C(=O)c2sc3cccnc3c2N)CC1C. The van der Waals surface area contributed by atoms with Gasteiger partial charge in [0.05, 0.1) is 10.4 Å². The summed E-state index contributed by atoms with van der Waals surface area (Å²) < 4.78 is 0.978. The van der Waals surface area contributed by atoms with Gasteiger partial charge in [0.1, 0.15) is 10.4 Å². The van der Waals surface area contributed by atoms with Crippen LogP contribution in [-0.4, -0.2) is 28.9 Å². The van der Waals surface area contributed by atoms with Gasteiger partial charge in [0.2, 0.25) is 0 Å². The quantitative estimate of drug-likeness (QED) is 0.878. The smallest absolute Gasteiger partial charge is 0.266 e. The van der Waals surface area contributed by atoms with Crippen LogP contribution in [0.25, 0.3) is 10.2 Å². The van der Waals surface area contributed by atoms with Crippen molar-refractivity contribution in [3.05, 3.63) is 23.2 Å². The van der Waals surface area contributed by atoms with E-state index in [2.05, 4.69) is 18.8 Å². The summed E-state index contributed by atoms with van der Waals surface area (Å²) in [5.41, 5.74) is 7.39. The highest BCUT2D eigenvalue weighted by molar-refractivity contribution is 7.21. The predicted molar refractivity (Wildman–Crippen MR) is 82.9 cm³/mol. The summed E-state index contributed by atoms with van der Waals surface area (Å²) in [6.07, 6.45) is 2.78. The molecule has 0 aromatic carbocycles. The third-order valence-electron chi connectivity index (χ3n) is 4.30. The van der Waals surface area contributed by atoms with Crippen LogP contribution < -0.4 is 5.73 Å². The highest BCUT2D eigenvalue weighted by Crippen LogP contribution is 2.34. The van der Waals surface area contributed by atoms with Gasteiger partial charge in [0.25, 0.3) is 5.91 Å². The Balaban J connectivity index is 1.91. The van der Waals surface area contributed by atoms with Crippen molar-refractivity contribution in [2.75, 3.05) is 18.8 Å². The number of thiophene rings is 1. The molecule has 2 atom stereocenters. The molecule has 106 valence electrons. The largest absolute Gasteiger partial charge is 0.396 e. The number of pyridine rings is 1. The van der Waals surface area contributed by atoms with Gasteiger partial charge < -0.3 is 10.6 Å². The zero-order valence-corrected chi connectivity index (χ0v) is 12.6. The fraction of sp³-hybridized carbons (Fsp3) is 0.467. The zero-order chi connectivity index (χ0) is 14.3. The molecule has 0 saturated carbocycles. The standard InChI is InChI=1S/C15H19N3OS/c1-9-5-7-18(8-10(9)2)15(19)14-12(16)13-11(20-14)4-3-6-17-13/h3-4,6,9-10H,5,7-8,16H2,1-2H3. The molecule has 1 aliphatic heterocycles. The van der Waals surface area contributed by atoms with Gasteiger partial charge in [0, 0.05) is 19.3 Å². The Bertz CT molecular complexity index is 652. The topological polar surface area (TPSA) is 59.2 Å². The molecule has 1 saturated heterocycles. The second-order valence-electron chi connectivity index (χ2n) is 5.69. The Hall–Kier alpha value is -1.62. The van der Waals surface area contributed by atoms with E-state index in [0.717, 1.165) is 29.7 Å². The first-order valence-electron chi connectivity index (χ1n) is 7.00. The highest BCUT2D eigenvalue weighted by Gasteiger charge is 2.29. The van der Waals surface area contributed by atoms with Gasteiger partial charge in [-0.15, -0.1) is 11.3 Å². The van der Waals surface area contributed by atoms with Crippen LogP contribution in [0.15, 0.2) is 18.3 Å². The minimum absolute atomic E-state index is 0.0595. The number of fused-ring (bicyclic) bond motifs is 1. The number of piperidine rings is 1. The van der Waals surface area contributed by atoms with Crippen molar-refractivity contribution in [1.29, 1.82) is 0 Å². The number of nitrogens with two attached hydrogens (primary N) is 1. The van der Waals surface area contributed by atoms with Crippen molar-refractivity contribution in [1.82, 2.24) is 9.88 Å². The van der Waals surface area contributed by atoms with Crippen LogP contribution in [0.3, 0.4) is 0 Å². The molecule has 1 fully saturated rings. The summed E-state index contributed by atoms with van der Waals surface area (Å²) in [4.78, 5) is 19.5. The molecule has 1 aliphatic rings. The van der Waals surface area contributed by atoms with Gasteiger partial charge in [-0.05, 0) is 30.4 Å². The van der Waals surface area contributed by atoms with Crippen molar-refractivity contribution < 1.29 is 4.79 Å². The van der Waals surface area contributed by atoms with Crippen LogP contribution in [0.2, 0.25) is 0 Å². The minimum atomic E-state index is 0.0595. The average molecular weight is 289 g/mol. The minimum Gasteiger partial charge on any atom is -0.396 e. The molecular formula is C15H19N3OS. The summed E-state index contributed by atoms with van der Waals surface area (Å²) in [6.45, 7) is 6.11. The van der Waals surface area contributed by atoms with E-state index in [-0.39, 0.29) is 5.91 Å². The Kier molecular flexibility index (Phi) is 3.38. The van der Waals surface area contributed by atoms with Gasteiger partial charge in [-0.25, -0.2) is 0 Å². The number of likely N-dealkylation sites (tertiary alicyclic amines) is 1. The second kappa shape index (κ2) is 5.05. The first-order chi connectivity index (χ1) is 9.58. The number of anilines is 1. The summed E-state index contributed by atoms with van der Waals surface area (Å²) in [5.74, 6) is 1.28. The molecule has 5 heteroatoms. The van der Waals surface area contributed by atoms with Crippen LogP contribution in [0.5, 0.6) is 0 Å². The van der Waals surface area contributed by atoms with Gasteiger partial charge in [0.15, 0.2) is 0 Å². The maximum absolute atomic E-state index is 12.7. The molecular weight excluding hydrogens is 270 g/mol. The Morgan fingerprint density at radius 2 is 2.25 bits per heavy atom. The lowest BCUT2D eigenvalue weighted by molar-refractivity contribution is 0.0633. The van der Waals surface area contributed by atoms with E-state index in [4.69, 9.17) is 5.73 Å². The Labute approximate surface area is 122 Å². The van der Waals surface area contributed by atoms with Gasteiger partial charge in [-0.3, -0.25) is 9.78 Å². The molecule has 0 bridgehead atoms. The number of nitrogens with zero attached hydrogens (tertiary/aromatic N) is 2. The lowest BCUT2D eigenvalue weighted by Crippen LogP contribution is -2.42. The van der Waals surface area contributed by atoms with Crippen molar-refractivity contribution in [2.45, 2.75) is 20.3 Å². The van der Waals surface area contributed by atoms with Gasteiger partial charge >= 0.3 is 0 Å². The first kappa shape index (κ1) is 13.4. The highest BCUT2D eigenvalue weighted by atomic mass is 32.1. The van der Waals surface area contributed by atoms with Crippen molar-refractivity contribution >= 4 is 33.1 Å². The lowest BCUT2D eigenvalue weighted by atomic mass is 9.88. The van der Waals surface area contributed by atoms with E-state index in [0.29, 0.717) is 22.4 Å². The number of carbonyl (C=O) groups is 1. The van der Waals surface area contributed by atoms with E-state index < -0.39 is 0 Å². The molecule has 4 nitrogen and oxygen atoms in total. The number of nitrogen functional groups attached to an aromatic ring is 1. The fourth-order valence-corrected chi connectivity index (χ4v) is 3.75. The van der Waals surface area contributed by atoms with Gasteiger partial charge in [-0.1, -0.05) is 13.8 Å². The molecule has 2 unspecified atom stereocenters. The van der Waals surface area contributed by atoms with Crippen molar-refractivity contribution in [2.24, 2.45) is 11.8 Å². The maximum Gasteiger partial charge on any atom is 0.266 e. The molecule has 3 heterocycles. The van der Waals surface area contributed by atoms with E-state index in [1.54, 1.807) is 6.20 Å². The van der Waals surface area contributed by atoms with Crippen molar-refractivity contribution in [3.63, 3.8) is 0 Å². The predicted octanol–water partition coefficient (Wildman–Crippen LogP) is 3.00. The number of rotatable bonds is 1. The molecule has 2 aromatic heterocycles. The summed E-state index contributed by atoms with van der Waals surface area (Å²) in [5, 5.41) is 0. The van der Waals surface area contributed by atoms with E-state index in [1.807, 2.05) is 17.0 Å². The molecule has 2 N–H and O–H groups in total. The lowest BCUT2D eigenvalue weighted by Gasteiger charge is -2.35. The number of aromatic nitrogens is 1. The molecule has 1 amide bonds. The Morgan fingerprint density at radius 1 is 1.45 bits per heavy atom. The molecule has 0 aliphatic carbocycles. The Morgan fingerprint density at radius 3 is 2.95 bits per heavy atom. The van der Waals surface area contributed by atoms with E-state index >= 15 is 0 Å². The third kappa shape index (κ3) is 2.16. The van der Waals surface area contributed by atoms with E-state index in [9.17, 15) is 4.79 Å².